The molecule has 0 atom stereocenters. The van der Waals surface area contributed by atoms with Gasteiger partial charge in [-0.15, -0.1) is 0 Å². The van der Waals surface area contributed by atoms with Crippen molar-refractivity contribution < 1.29 is 0 Å². The first-order chi connectivity index (χ1) is 9.65. The molecule has 0 aliphatic carbocycles. The van der Waals surface area contributed by atoms with Crippen LogP contribution >= 0.6 is 11.6 Å². The number of halogens is 1. The van der Waals surface area contributed by atoms with Crippen molar-refractivity contribution in [1.82, 2.24) is 14.5 Å². The lowest BCUT2D eigenvalue weighted by Crippen LogP contribution is -2.05. The molecule has 1 aromatic carbocycles. The molecule has 3 nitrogen and oxygen atoms in total. The Hall–Kier alpha value is -1.87. The molecule has 0 unspecified atom stereocenters. The van der Waals surface area contributed by atoms with Gasteiger partial charge in [-0.25, -0.2) is 9.97 Å². The molecule has 0 aliphatic rings. The number of pyridine rings is 1. The molecule has 0 N–H and O–H groups in total. The summed E-state index contributed by atoms with van der Waals surface area (Å²) >= 11 is 5.97. The van der Waals surface area contributed by atoms with Crippen molar-refractivity contribution in [2.24, 2.45) is 5.92 Å². The van der Waals surface area contributed by atoms with Gasteiger partial charge in [0.25, 0.3) is 0 Å². The van der Waals surface area contributed by atoms with E-state index in [-0.39, 0.29) is 0 Å². The van der Waals surface area contributed by atoms with E-state index in [0.717, 1.165) is 34.1 Å². The molecule has 102 valence electrons. The van der Waals surface area contributed by atoms with Gasteiger partial charge >= 0.3 is 0 Å². The number of nitrogens with zero attached hydrogens (tertiary/aromatic N) is 3. The summed E-state index contributed by atoms with van der Waals surface area (Å²) in [5.74, 6) is 1.58. The topological polar surface area (TPSA) is 30.7 Å². The maximum atomic E-state index is 5.97. The molecule has 0 saturated heterocycles. The van der Waals surface area contributed by atoms with Gasteiger partial charge in [0.15, 0.2) is 5.65 Å². The first-order valence-electron chi connectivity index (χ1n) is 6.73. The number of imidazole rings is 1. The zero-order chi connectivity index (χ0) is 14.1. The molecule has 4 heteroatoms. The monoisotopic (exact) mass is 285 g/mol. The van der Waals surface area contributed by atoms with E-state index < -0.39 is 0 Å². The van der Waals surface area contributed by atoms with Crippen molar-refractivity contribution in [3.63, 3.8) is 0 Å². The SMILES string of the molecule is CC(C)Cc1nc2cccnc2n1-c1ccc(Cl)cc1. The second-order valence-electron chi connectivity index (χ2n) is 5.28. The van der Waals surface area contributed by atoms with Crippen LogP contribution in [0.1, 0.15) is 19.7 Å². The quantitative estimate of drug-likeness (QED) is 0.719. The largest absolute Gasteiger partial charge is 0.281 e. The molecular formula is C16H16ClN3. The molecule has 20 heavy (non-hydrogen) atoms. The number of aromatic nitrogens is 3. The van der Waals surface area contributed by atoms with E-state index in [1.165, 1.54) is 0 Å². The van der Waals surface area contributed by atoms with E-state index in [0.29, 0.717) is 5.92 Å². The Morgan fingerprint density at radius 1 is 1.15 bits per heavy atom. The van der Waals surface area contributed by atoms with Crippen molar-refractivity contribution in [3.8, 4) is 5.69 Å². The summed E-state index contributed by atoms with van der Waals surface area (Å²) < 4.78 is 2.12. The third-order valence-corrected chi connectivity index (χ3v) is 3.41. The smallest absolute Gasteiger partial charge is 0.164 e. The minimum absolute atomic E-state index is 0.540. The number of benzene rings is 1. The van der Waals surface area contributed by atoms with E-state index in [4.69, 9.17) is 16.6 Å². The van der Waals surface area contributed by atoms with Gasteiger partial charge in [0.2, 0.25) is 0 Å². The molecule has 0 saturated carbocycles. The summed E-state index contributed by atoms with van der Waals surface area (Å²) in [4.78, 5) is 9.19. The average molecular weight is 286 g/mol. The number of fused-ring (bicyclic) bond motifs is 1. The minimum atomic E-state index is 0.540. The highest BCUT2D eigenvalue weighted by Crippen LogP contribution is 2.22. The van der Waals surface area contributed by atoms with Crippen molar-refractivity contribution in [2.75, 3.05) is 0 Å². The highest BCUT2D eigenvalue weighted by Gasteiger charge is 2.14. The molecule has 0 amide bonds. The van der Waals surface area contributed by atoms with E-state index in [1.807, 2.05) is 36.4 Å². The molecule has 0 bridgehead atoms. The minimum Gasteiger partial charge on any atom is -0.281 e. The zero-order valence-electron chi connectivity index (χ0n) is 11.5. The van der Waals surface area contributed by atoms with Crippen LogP contribution in [0.3, 0.4) is 0 Å². The van der Waals surface area contributed by atoms with Crippen LogP contribution in [0, 0.1) is 5.92 Å². The van der Waals surface area contributed by atoms with Crippen molar-refractivity contribution >= 4 is 22.8 Å². The van der Waals surface area contributed by atoms with Crippen molar-refractivity contribution in [3.05, 3.63) is 53.4 Å². The van der Waals surface area contributed by atoms with Crippen LogP contribution in [-0.4, -0.2) is 14.5 Å². The predicted molar refractivity (Wildman–Crippen MR) is 82.4 cm³/mol. The lowest BCUT2D eigenvalue weighted by atomic mass is 10.1. The molecule has 0 radical (unpaired) electrons. The van der Waals surface area contributed by atoms with Crippen LogP contribution in [0.4, 0.5) is 0 Å². The van der Waals surface area contributed by atoms with Gasteiger partial charge in [-0.1, -0.05) is 25.4 Å². The summed E-state index contributed by atoms with van der Waals surface area (Å²) in [7, 11) is 0. The fraction of sp³-hybridized carbons (Fsp3) is 0.250. The lowest BCUT2D eigenvalue weighted by Gasteiger charge is -2.10. The van der Waals surface area contributed by atoms with Gasteiger partial charge in [-0.05, 0) is 42.3 Å². The molecule has 0 spiro atoms. The van der Waals surface area contributed by atoms with Gasteiger partial charge in [-0.2, -0.15) is 0 Å². The number of hydrogen-bond donors (Lipinski definition) is 0. The van der Waals surface area contributed by atoms with Crippen molar-refractivity contribution in [1.29, 1.82) is 0 Å². The Bertz CT molecular complexity index is 729. The van der Waals surface area contributed by atoms with Gasteiger partial charge < -0.3 is 0 Å². The highest BCUT2D eigenvalue weighted by atomic mass is 35.5. The maximum absolute atomic E-state index is 5.97. The second-order valence-corrected chi connectivity index (χ2v) is 5.72. The number of hydrogen-bond acceptors (Lipinski definition) is 2. The Morgan fingerprint density at radius 2 is 1.90 bits per heavy atom. The Morgan fingerprint density at radius 3 is 2.60 bits per heavy atom. The van der Waals surface area contributed by atoms with Crippen LogP contribution in [0.15, 0.2) is 42.6 Å². The standard InChI is InChI=1S/C16H16ClN3/c1-11(2)10-15-19-14-4-3-9-18-16(14)20(15)13-7-5-12(17)6-8-13/h3-9,11H,10H2,1-2H3. The van der Waals surface area contributed by atoms with Crippen LogP contribution < -0.4 is 0 Å². The molecule has 3 aromatic rings. The summed E-state index contributed by atoms with van der Waals surface area (Å²) in [6.45, 7) is 4.39. The van der Waals surface area contributed by atoms with E-state index in [9.17, 15) is 0 Å². The van der Waals surface area contributed by atoms with Gasteiger partial charge in [0.1, 0.15) is 11.3 Å². The Labute approximate surface area is 123 Å². The van der Waals surface area contributed by atoms with E-state index >= 15 is 0 Å². The predicted octanol–water partition coefficient (Wildman–Crippen LogP) is 4.27. The highest BCUT2D eigenvalue weighted by molar-refractivity contribution is 6.30. The molecule has 0 aliphatic heterocycles. The Balaban J connectivity index is 2.22. The fourth-order valence-corrected chi connectivity index (χ4v) is 2.45. The third-order valence-electron chi connectivity index (χ3n) is 3.16. The average Bonchev–Trinajstić information content (AvgIpc) is 2.77. The summed E-state index contributed by atoms with van der Waals surface area (Å²) in [6, 6.07) is 11.7. The molecule has 2 heterocycles. The number of rotatable bonds is 3. The normalized spacial score (nSPS) is 11.4. The van der Waals surface area contributed by atoms with Gasteiger partial charge in [0, 0.05) is 23.3 Å². The van der Waals surface area contributed by atoms with Gasteiger partial charge in [0.05, 0.1) is 0 Å². The van der Waals surface area contributed by atoms with Crippen LogP contribution in [0.2, 0.25) is 5.02 Å². The zero-order valence-corrected chi connectivity index (χ0v) is 12.3. The van der Waals surface area contributed by atoms with Crippen LogP contribution in [0.5, 0.6) is 0 Å². The van der Waals surface area contributed by atoms with Crippen LogP contribution in [0.25, 0.3) is 16.9 Å². The Kier molecular flexibility index (Phi) is 3.45. The summed E-state index contributed by atoms with van der Waals surface area (Å²) in [6.07, 6.45) is 2.72. The molecule has 2 aromatic heterocycles. The molecule has 0 fully saturated rings. The third kappa shape index (κ3) is 2.41. The molecular weight excluding hydrogens is 270 g/mol. The van der Waals surface area contributed by atoms with E-state index in [1.54, 1.807) is 6.20 Å². The van der Waals surface area contributed by atoms with Crippen LogP contribution in [-0.2, 0) is 6.42 Å². The fourth-order valence-electron chi connectivity index (χ4n) is 2.32. The van der Waals surface area contributed by atoms with Crippen molar-refractivity contribution in [2.45, 2.75) is 20.3 Å². The van der Waals surface area contributed by atoms with Gasteiger partial charge in [-0.3, -0.25) is 4.57 Å². The molecule has 3 rings (SSSR count). The maximum Gasteiger partial charge on any atom is 0.164 e. The first kappa shape index (κ1) is 13.1. The first-order valence-corrected chi connectivity index (χ1v) is 7.11. The summed E-state index contributed by atoms with van der Waals surface area (Å²) in [5.41, 5.74) is 2.87. The second kappa shape index (κ2) is 5.25. The summed E-state index contributed by atoms with van der Waals surface area (Å²) in [5, 5.41) is 0.733. The lowest BCUT2D eigenvalue weighted by molar-refractivity contribution is 0.616. The van der Waals surface area contributed by atoms with E-state index in [2.05, 4.69) is 23.4 Å².